The van der Waals surface area contributed by atoms with E-state index in [9.17, 15) is 4.39 Å². The highest BCUT2D eigenvalue weighted by molar-refractivity contribution is 5.73. The van der Waals surface area contributed by atoms with Crippen LogP contribution in [0.5, 0.6) is 11.8 Å². The lowest BCUT2D eigenvalue weighted by molar-refractivity contribution is 0.407. The van der Waals surface area contributed by atoms with Crippen LogP contribution in [0.2, 0.25) is 0 Å². The molecule has 2 N–H and O–H groups in total. The van der Waals surface area contributed by atoms with Gasteiger partial charge >= 0.3 is 6.01 Å². The summed E-state index contributed by atoms with van der Waals surface area (Å²) in [4.78, 5) is 4.17. The number of rotatable bonds is 2. The number of benzene rings is 2. The number of nitrogen functional groups attached to an aromatic ring is 1. The Morgan fingerprint density at radius 3 is 2.65 bits per heavy atom. The Balaban J connectivity index is 1.99. The van der Waals surface area contributed by atoms with Gasteiger partial charge in [0.15, 0.2) is 11.6 Å². The minimum Gasteiger partial charge on any atom is -0.420 e. The number of anilines is 1. The predicted octanol–water partition coefficient (Wildman–Crippen LogP) is 2.85. The molecule has 0 saturated heterocycles. The molecule has 3 aromatic rings. The molecule has 0 radical (unpaired) electrons. The van der Waals surface area contributed by atoms with Gasteiger partial charge in [0.05, 0.1) is 5.52 Å². The summed E-state index contributed by atoms with van der Waals surface area (Å²) in [5.41, 5.74) is 7.98. The number of para-hydroxylation sites is 1. The van der Waals surface area contributed by atoms with Crippen LogP contribution in [0.15, 0.2) is 36.4 Å². The first-order valence-electron chi connectivity index (χ1n) is 5.96. The van der Waals surface area contributed by atoms with Crippen molar-refractivity contribution < 1.29 is 9.13 Å². The third-order valence-corrected chi connectivity index (χ3v) is 2.86. The highest BCUT2D eigenvalue weighted by atomic mass is 19.1. The molecule has 0 fully saturated rings. The van der Waals surface area contributed by atoms with E-state index >= 15 is 0 Å². The molecule has 100 valence electrons. The number of hydrogen-bond acceptors (Lipinski definition) is 5. The summed E-state index contributed by atoms with van der Waals surface area (Å²) in [6.45, 7) is 1.77. The first kappa shape index (κ1) is 12.3. The van der Waals surface area contributed by atoms with Crippen molar-refractivity contribution in [2.75, 3.05) is 5.73 Å². The number of ether oxygens (including phenoxy) is 1. The zero-order chi connectivity index (χ0) is 14.1. The van der Waals surface area contributed by atoms with Crippen LogP contribution in [0.1, 0.15) is 5.56 Å². The van der Waals surface area contributed by atoms with Gasteiger partial charge in [-0.05, 0) is 30.7 Å². The molecule has 2 aromatic carbocycles. The van der Waals surface area contributed by atoms with Gasteiger partial charge in [-0.3, -0.25) is 0 Å². The van der Waals surface area contributed by atoms with E-state index in [1.165, 1.54) is 12.1 Å². The third kappa shape index (κ3) is 2.23. The molecule has 20 heavy (non-hydrogen) atoms. The van der Waals surface area contributed by atoms with Crippen molar-refractivity contribution in [1.29, 1.82) is 0 Å². The fourth-order valence-corrected chi connectivity index (χ4v) is 1.76. The molecule has 0 bridgehead atoms. The molecule has 0 aliphatic carbocycles. The molecule has 6 heteroatoms. The van der Waals surface area contributed by atoms with Gasteiger partial charge in [0.2, 0.25) is 0 Å². The highest BCUT2D eigenvalue weighted by Crippen LogP contribution is 2.26. The van der Waals surface area contributed by atoms with Gasteiger partial charge in [0.1, 0.15) is 5.52 Å². The van der Waals surface area contributed by atoms with E-state index in [2.05, 4.69) is 15.2 Å². The Morgan fingerprint density at radius 1 is 1.10 bits per heavy atom. The van der Waals surface area contributed by atoms with Crippen molar-refractivity contribution in [3.05, 3.63) is 47.8 Å². The summed E-state index contributed by atoms with van der Waals surface area (Å²) in [6, 6.07) is 9.93. The van der Waals surface area contributed by atoms with E-state index in [0.29, 0.717) is 16.7 Å². The molecular weight excluding hydrogens is 259 g/mol. The molecule has 0 aliphatic heterocycles. The summed E-state index contributed by atoms with van der Waals surface area (Å²) in [5, 5.41) is 7.78. The van der Waals surface area contributed by atoms with Gasteiger partial charge in [-0.1, -0.05) is 17.2 Å². The average molecular weight is 270 g/mol. The highest BCUT2D eigenvalue weighted by Gasteiger charge is 2.10. The van der Waals surface area contributed by atoms with E-state index in [4.69, 9.17) is 10.5 Å². The van der Waals surface area contributed by atoms with Gasteiger partial charge in [0.25, 0.3) is 0 Å². The average Bonchev–Trinajstić information content (AvgIpc) is 2.44. The van der Waals surface area contributed by atoms with Crippen molar-refractivity contribution in [3.63, 3.8) is 0 Å². The monoisotopic (exact) mass is 270 g/mol. The Hall–Kier alpha value is -2.76. The molecule has 0 amide bonds. The smallest absolute Gasteiger partial charge is 0.341 e. The van der Waals surface area contributed by atoms with E-state index in [1.54, 1.807) is 19.1 Å². The van der Waals surface area contributed by atoms with Crippen LogP contribution in [0.3, 0.4) is 0 Å². The maximum atomic E-state index is 13.7. The van der Waals surface area contributed by atoms with Crippen molar-refractivity contribution >= 4 is 16.7 Å². The summed E-state index contributed by atoms with van der Waals surface area (Å²) < 4.78 is 19.1. The van der Waals surface area contributed by atoms with E-state index in [0.717, 1.165) is 5.56 Å². The SMILES string of the molecule is Cc1cc(Oc2nnc3ccccc3n2)c(F)cc1N. The molecule has 1 heterocycles. The summed E-state index contributed by atoms with van der Waals surface area (Å²) >= 11 is 0. The maximum absolute atomic E-state index is 13.7. The van der Waals surface area contributed by atoms with Crippen LogP contribution < -0.4 is 10.5 Å². The molecule has 0 spiro atoms. The second-order valence-corrected chi connectivity index (χ2v) is 4.32. The largest absolute Gasteiger partial charge is 0.420 e. The molecular formula is C14H11FN4O. The Labute approximate surface area is 114 Å². The molecule has 0 atom stereocenters. The van der Waals surface area contributed by atoms with Crippen molar-refractivity contribution in [3.8, 4) is 11.8 Å². The normalized spacial score (nSPS) is 10.7. The second-order valence-electron chi connectivity index (χ2n) is 4.32. The van der Waals surface area contributed by atoms with Gasteiger partial charge in [-0.25, -0.2) is 4.39 Å². The molecule has 5 nitrogen and oxygen atoms in total. The van der Waals surface area contributed by atoms with Crippen molar-refractivity contribution in [2.45, 2.75) is 6.92 Å². The minimum absolute atomic E-state index is 0.00762. The summed E-state index contributed by atoms with van der Waals surface area (Å²) in [7, 11) is 0. The lowest BCUT2D eigenvalue weighted by atomic mass is 10.2. The standard InChI is InChI=1S/C14H11FN4O/c1-8-6-13(9(15)7-10(8)16)20-14-17-11-4-2-3-5-12(11)18-19-14/h2-7H,16H2,1H3. The van der Waals surface area contributed by atoms with Crippen LogP contribution >= 0.6 is 0 Å². The lowest BCUT2D eigenvalue weighted by Gasteiger charge is -2.07. The molecule has 0 unspecified atom stereocenters. The van der Waals surface area contributed by atoms with Crippen LogP contribution in [0.4, 0.5) is 10.1 Å². The molecule has 1 aromatic heterocycles. The molecule has 3 rings (SSSR count). The molecule has 0 saturated carbocycles. The second kappa shape index (κ2) is 4.73. The zero-order valence-corrected chi connectivity index (χ0v) is 10.7. The number of halogens is 1. The summed E-state index contributed by atoms with van der Waals surface area (Å²) in [6.07, 6.45) is 0. The van der Waals surface area contributed by atoms with Crippen LogP contribution in [-0.4, -0.2) is 15.2 Å². The maximum Gasteiger partial charge on any atom is 0.341 e. The molecule has 0 aliphatic rings. The number of aryl methyl sites for hydroxylation is 1. The predicted molar refractivity (Wildman–Crippen MR) is 73.0 cm³/mol. The van der Waals surface area contributed by atoms with Crippen LogP contribution in [-0.2, 0) is 0 Å². The Kier molecular flexibility index (Phi) is 2.90. The van der Waals surface area contributed by atoms with E-state index < -0.39 is 5.82 Å². The number of fused-ring (bicyclic) bond motifs is 1. The zero-order valence-electron chi connectivity index (χ0n) is 10.7. The van der Waals surface area contributed by atoms with E-state index in [1.807, 2.05) is 12.1 Å². The quantitative estimate of drug-likeness (QED) is 0.725. The minimum atomic E-state index is -0.565. The van der Waals surface area contributed by atoms with Crippen molar-refractivity contribution in [1.82, 2.24) is 15.2 Å². The van der Waals surface area contributed by atoms with Gasteiger partial charge in [-0.2, -0.15) is 4.98 Å². The lowest BCUT2D eigenvalue weighted by Crippen LogP contribution is -1.99. The van der Waals surface area contributed by atoms with Crippen LogP contribution in [0.25, 0.3) is 11.0 Å². The Morgan fingerprint density at radius 2 is 1.85 bits per heavy atom. The van der Waals surface area contributed by atoms with Gasteiger partial charge in [0, 0.05) is 11.8 Å². The van der Waals surface area contributed by atoms with Gasteiger partial charge in [-0.15, -0.1) is 5.10 Å². The number of nitrogens with two attached hydrogens (primary N) is 1. The Bertz CT molecular complexity index is 791. The van der Waals surface area contributed by atoms with Gasteiger partial charge < -0.3 is 10.5 Å². The first-order chi connectivity index (χ1) is 9.63. The van der Waals surface area contributed by atoms with E-state index in [-0.39, 0.29) is 11.8 Å². The first-order valence-corrected chi connectivity index (χ1v) is 5.96. The summed E-state index contributed by atoms with van der Waals surface area (Å²) in [5.74, 6) is -0.543. The van der Waals surface area contributed by atoms with Crippen LogP contribution in [0, 0.1) is 12.7 Å². The number of nitrogens with zero attached hydrogens (tertiary/aromatic N) is 3. The fraction of sp³-hybridized carbons (Fsp3) is 0.0714. The number of aromatic nitrogens is 3. The number of hydrogen-bond donors (Lipinski definition) is 1. The fourth-order valence-electron chi connectivity index (χ4n) is 1.76. The van der Waals surface area contributed by atoms with Crippen molar-refractivity contribution in [2.24, 2.45) is 0 Å². The third-order valence-electron chi connectivity index (χ3n) is 2.86. The topological polar surface area (TPSA) is 73.9 Å².